The van der Waals surface area contributed by atoms with E-state index in [0.717, 1.165) is 13.1 Å². The van der Waals surface area contributed by atoms with Gasteiger partial charge in [0.15, 0.2) is 0 Å². The number of hydrogen-bond acceptors (Lipinski definition) is 5. The molecule has 0 unspecified atom stereocenters. The topological polar surface area (TPSA) is 97.3 Å². The molecule has 0 atom stereocenters. The molecule has 0 bridgehead atoms. The summed E-state index contributed by atoms with van der Waals surface area (Å²) in [5.41, 5.74) is 12.0. The Morgan fingerprint density at radius 3 is 2.75 bits per heavy atom. The van der Waals surface area contributed by atoms with Gasteiger partial charge >= 0.3 is 0 Å². The number of pyridine rings is 1. The van der Waals surface area contributed by atoms with Gasteiger partial charge in [-0.1, -0.05) is 0 Å². The van der Waals surface area contributed by atoms with Crippen LogP contribution >= 0.6 is 0 Å². The van der Waals surface area contributed by atoms with Crippen molar-refractivity contribution in [2.75, 3.05) is 37.6 Å². The SMILES string of the molecule is Nc1nccc(C(=O)N2CCNCC2)c1N. The summed E-state index contributed by atoms with van der Waals surface area (Å²) in [6, 6.07) is 1.61. The Kier molecular flexibility index (Phi) is 2.91. The maximum atomic E-state index is 12.1. The van der Waals surface area contributed by atoms with Crippen LogP contribution in [0.3, 0.4) is 0 Å². The van der Waals surface area contributed by atoms with Crippen LogP contribution in [0, 0.1) is 0 Å². The summed E-state index contributed by atoms with van der Waals surface area (Å²) in [4.78, 5) is 17.7. The monoisotopic (exact) mass is 221 g/mol. The summed E-state index contributed by atoms with van der Waals surface area (Å²) in [5.74, 6) is 0.133. The second kappa shape index (κ2) is 4.36. The van der Waals surface area contributed by atoms with Gasteiger partial charge in [-0.05, 0) is 6.07 Å². The van der Waals surface area contributed by atoms with E-state index in [1.165, 1.54) is 6.20 Å². The molecular weight excluding hydrogens is 206 g/mol. The van der Waals surface area contributed by atoms with E-state index in [9.17, 15) is 4.79 Å². The fourth-order valence-corrected chi connectivity index (χ4v) is 1.71. The molecule has 86 valence electrons. The highest BCUT2D eigenvalue weighted by molar-refractivity contribution is 6.00. The van der Waals surface area contributed by atoms with Crippen molar-refractivity contribution in [2.45, 2.75) is 0 Å². The number of rotatable bonds is 1. The smallest absolute Gasteiger partial charge is 0.256 e. The number of carbonyl (C=O) groups is 1. The average Bonchev–Trinajstić information content (AvgIpc) is 2.33. The standard InChI is InChI=1S/C10H15N5O/c11-8-7(1-2-14-9(8)12)10(16)15-5-3-13-4-6-15/h1-2,13H,3-6,11H2,(H2,12,14). The van der Waals surface area contributed by atoms with Gasteiger partial charge in [0.2, 0.25) is 0 Å². The van der Waals surface area contributed by atoms with Crippen molar-refractivity contribution in [3.63, 3.8) is 0 Å². The number of nitrogen functional groups attached to an aromatic ring is 2. The first-order valence-electron chi connectivity index (χ1n) is 5.20. The molecule has 1 amide bonds. The fourth-order valence-electron chi connectivity index (χ4n) is 1.71. The Morgan fingerprint density at radius 2 is 2.06 bits per heavy atom. The van der Waals surface area contributed by atoms with Gasteiger partial charge in [-0.2, -0.15) is 0 Å². The van der Waals surface area contributed by atoms with E-state index < -0.39 is 0 Å². The molecule has 5 N–H and O–H groups in total. The molecule has 1 aromatic rings. The second-order valence-corrected chi connectivity index (χ2v) is 3.70. The van der Waals surface area contributed by atoms with Crippen molar-refractivity contribution in [2.24, 2.45) is 0 Å². The van der Waals surface area contributed by atoms with Crippen LogP contribution in [0.1, 0.15) is 10.4 Å². The first-order chi connectivity index (χ1) is 7.70. The molecule has 1 saturated heterocycles. The van der Waals surface area contributed by atoms with Gasteiger partial charge in [0.05, 0.1) is 11.3 Å². The molecule has 6 nitrogen and oxygen atoms in total. The molecule has 2 rings (SSSR count). The highest BCUT2D eigenvalue weighted by Gasteiger charge is 2.20. The number of nitrogens with one attached hydrogen (secondary N) is 1. The zero-order valence-corrected chi connectivity index (χ0v) is 8.94. The van der Waals surface area contributed by atoms with Gasteiger partial charge in [-0.25, -0.2) is 4.98 Å². The molecule has 1 aromatic heterocycles. The summed E-state index contributed by atoms with van der Waals surface area (Å²) >= 11 is 0. The Labute approximate surface area is 93.6 Å². The fraction of sp³-hybridized carbons (Fsp3) is 0.400. The van der Waals surface area contributed by atoms with Crippen molar-refractivity contribution in [1.82, 2.24) is 15.2 Å². The van der Waals surface area contributed by atoms with Gasteiger partial charge in [-0.3, -0.25) is 4.79 Å². The number of hydrogen-bond donors (Lipinski definition) is 3. The summed E-state index contributed by atoms with van der Waals surface area (Å²) < 4.78 is 0. The van der Waals surface area contributed by atoms with Crippen molar-refractivity contribution >= 4 is 17.4 Å². The molecule has 1 aliphatic heterocycles. The Hall–Kier alpha value is -1.82. The third-order valence-electron chi connectivity index (χ3n) is 2.66. The maximum absolute atomic E-state index is 12.1. The van der Waals surface area contributed by atoms with E-state index in [0.29, 0.717) is 18.7 Å². The van der Waals surface area contributed by atoms with Crippen LogP contribution in [-0.4, -0.2) is 42.0 Å². The molecular formula is C10H15N5O. The van der Waals surface area contributed by atoms with Gasteiger partial charge in [0, 0.05) is 32.4 Å². The maximum Gasteiger partial charge on any atom is 0.256 e. The van der Waals surface area contributed by atoms with Crippen molar-refractivity contribution in [3.8, 4) is 0 Å². The van der Waals surface area contributed by atoms with E-state index in [4.69, 9.17) is 11.5 Å². The molecule has 1 aliphatic rings. The number of nitrogens with zero attached hydrogens (tertiary/aromatic N) is 2. The van der Waals surface area contributed by atoms with E-state index >= 15 is 0 Å². The number of carbonyl (C=O) groups excluding carboxylic acids is 1. The number of nitrogens with two attached hydrogens (primary N) is 2. The Bertz CT molecular complexity index is 400. The van der Waals surface area contributed by atoms with E-state index in [1.807, 2.05) is 0 Å². The lowest BCUT2D eigenvalue weighted by Crippen LogP contribution is -2.46. The summed E-state index contributed by atoms with van der Waals surface area (Å²) in [6.07, 6.45) is 1.50. The number of piperazine rings is 1. The molecule has 16 heavy (non-hydrogen) atoms. The molecule has 1 fully saturated rings. The molecule has 6 heteroatoms. The lowest BCUT2D eigenvalue weighted by Gasteiger charge is -2.27. The van der Waals surface area contributed by atoms with E-state index in [1.54, 1.807) is 11.0 Å². The minimum Gasteiger partial charge on any atom is -0.395 e. The van der Waals surface area contributed by atoms with Crippen molar-refractivity contribution in [1.29, 1.82) is 0 Å². The highest BCUT2D eigenvalue weighted by atomic mass is 16.2. The molecule has 0 aromatic carbocycles. The predicted molar refractivity (Wildman–Crippen MR) is 61.8 cm³/mol. The van der Waals surface area contributed by atoms with Gasteiger partial charge < -0.3 is 21.7 Å². The lowest BCUT2D eigenvalue weighted by molar-refractivity contribution is 0.0737. The molecule has 0 spiro atoms. The minimum absolute atomic E-state index is 0.0758. The number of aromatic nitrogens is 1. The first-order valence-corrected chi connectivity index (χ1v) is 5.20. The normalized spacial score (nSPS) is 16.1. The van der Waals surface area contributed by atoms with E-state index in [2.05, 4.69) is 10.3 Å². The number of anilines is 2. The zero-order valence-electron chi connectivity index (χ0n) is 8.94. The van der Waals surface area contributed by atoms with Crippen LogP contribution in [0.5, 0.6) is 0 Å². The number of amides is 1. The van der Waals surface area contributed by atoms with Crippen molar-refractivity contribution < 1.29 is 4.79 Å². The van der Waals surface area contributed by atoms with Crippen LogP contribution < -0.4 is 16.8 Å². The van der Waals surface area contributed by atoms with Crippen molar-refractivity contribution in [3.05, 3.63) is 17.8 Å². The largest absolute Gasteiger partial charge is 0.395 e. The summed E-state index contributed by atoms with van der Waals surface area (Å²) in [7, 11) is 0. The predicted octanol–water partition coefficient (Wildman–Crippen LogP) is -0.709. The van der Waals surface area contributed by atoms with Crippen LogP contribution in [0.15, 0.2) is 12.3 Å². The first kappa shape index (κ1) is 10.7. The Morgan fingerprint density at radius 1 is 1.38 bits per heavy atom. The third kappa shape index (κ3) is 1.92. The summed E-state index contributed by atoms with van der Waals surface area (Å²) in [6.45, 7) is 3.01. The lowest BCUT2D eigenvalue weighted by atomic mass is 10.2. The second-order valence-electron chi connectivity index (χ2n) is 3.70. The zero-order chi connectivity index (χ0) is 11.5. The molecule has 0 radical (unpaired) electrons. The minimum atomic E-state index is -0.0758. The van der Waals surface area contributed by atoms with Gasteiger partial charge in [0.25, 0.3) is 5.91 Å². The van der Waals surface area contributed by atoms with E-state index in [-0.39, 0.29) is 17.4 Å². The average molecular weight is 221 g/mol. The van der Waals surface area contributed by atoms with Crippen LogP contribution in [-0.2, 0) is 0 Å². The van der Waals surface area contributed by atoms with Crippen LogP contribution in [0.4, 0.5) is 11.5 Å². The molecule has 2 heterocycles. The molecule has 0 saturated carbocycles. The summed E-state index contributed by atoms with van der Waals surface area (Å²) in [5, 5.41) is 3.18. The highest BCUT2D eigenvalue weighted by Crippen LogP contribution is 2.18. The quantitative estimate of drug-likeness (QED) is 0.582. The third-order valence-corrected chi connectivity index (χ3v) is 2.66. The van der Waals surface area contributed by atoms with Gasteiger partial charge in [-0.15, -0.1) is 0 Å². The Balaban J connectivity index is 2.22. The van der Waals surface area contributed by atoms with Gasteiger partial charge in [0.1, 0.15) is 5.82 Å². The van der Waals surface area contributed by atoms with Crippen LogP contribution in [0.25, 0.3) is 0 Å². The molecule has 0 aliphatic carbocycles. The van der Waals surface area contributed by atoms with Crippen LogP contribution in [0.2, 0.25) is 0 Å².